The molecule has 2 nitrogen and oxygen atoms in total. The first-order chi connectivity index (χ1) is 8.91. The molecule has 1 aliphatic rings. The second-order valence-electron chi connectivity index (χ2n) is 4.80. The highest BCUT2D eigenvalue weighted by molar-refractivity contribution is 9.10. The van der Waals surface area contributed by atoms with E-state index in [1.54, 1.807) is 12.1 Å². The van der Waals surface area contributed by atoms with Crippen LogP contribution in [0.25, 0.3) is 0 Å². The molecule has 0 saturated carbocycles. The van der Waals surface area contributed by atoms with Crippen LogP contribution in [0, 0.1) is 0 Å². The zero-order chi connectivity index (χ0) is 14.0. The van der Waals surface area contributed by atoms with Crippen molar-refractivity contribution in [2.75, 3.05) is 13.1 Å². The topological polar surface area (TPSA) is 29.3 Å². The first kappa shape index (κ1) is 17.8. The van der Waals surface area contributed by atoms with Gasteiger partial charge in [-0.05, 0) is 37.1 Å². The molecule has 1 heterocycles. The third kappa shape index (κ3) is 4.10. The van der Waals surface area contributed by atoms with Crippen LogP contribution in [0.1, 0.15) is 24.0 Å². The van der Waals surface area contributed by atoms with Gasteiger partial charge in [0.25, 0.3) is 0 Å². The highest BCUT2D eigenvalue weighted by Crippen LogP contribution is 2.35. The fraction of sp³-hybridized carbons (Fsp3) is 0.538. The average molecular weight is 374 g/mol. The van der Waals surface area contributed by atoms with Crippen molar-refractivity contribution >= 4 is 28.3 Å². The van der Waals surface area contributed by atoms with Crippen molar-refractivity contribution in [3.05, 3.63) is 33.8 Å². The van der Waals surface area contributed by atoms with Crippen LogP contribution in [0.4, 0.5) is 13.2 Å². The van der Waals surface area contributed by atoms with Crippen molar-refractivity contribution in [1.82, 2.24) is 4.90 Å². The van der Waals surface area contributed by atoms with Crippen molar-refractivity contribution in [3.63, 3.8) is 0 Å². The largest absolute Gasteiger partial charge is 0.416 e. The van der Waals surface area contributed by atoms with E-state index in [2.05, 4.69) is 15.9 Å². The van der Waals surface area contributed by atoms with Crippen LogP contribution in [0.5, 0.6) is 0 Å². The molecule has 1 atom stereocenters. The molecule has 0 bridgehead atoms. The van der Waals surface area contributed by atoms with Gasteiger partial charge in [0, 0.05) is 23.6 Å². The van der Waals surface area contributed by atoms with E-state index in [0.717, 1.165) is 25.5 Å². The summed E-state index contributed by atoms with van der Waals surface area (Å²) in [6.07, 6.45) is -2.36. The summed E-state index contributed by atoms with van der Waals surface area (Å²) in [7, 11) is 0. The second kappa shape index (κ2) is 7.11. The van der Waals surface area contributed by atoms with Gasteiger partial charge in [0.15, 0.2) is 0 Å². The molecule has 114 valence electrons. The molecule has 7 heteroatoms. The SMILES string of the molecule is Cl.NCC1CCCN1Cc1ccc(Br)cc1C(F)(F)F. The molecule has 2 rings (SSSR count). The van der Waals surface area contributed by atoms with Gasteiger partial charge in [-0.3, -0.25) is 4.90 Å². The lowest BCUT2D eigenvalue weighted by molar-refractivity contribution is -0.138. The standard InChI is InChI=1S/C13H16BrF3N2.ClH/c14-10-4-3-9(12(6-10)13(15,16)17)8-19-5-1-2-11(19)7-18;/h3-4,6,11H,1-2,5,7-8,18H2;1H. The Kier molecular flexibility index (Phi) is 6.31. The molecular formula is C13H17BrClF3N2. The molecule has 1 saturated heterocycles. The summed E-state index contributed by atoms with van der Waals surface area (Å²) in [5.74, 6) is 0. The molecule has 0 aliphatic carbocycles. The predicted molar refractivity (Wildman–Crippen MR) is 78.9 cm³/mol. The van der Waals surface area contributed by atoms with Crippen molar-refractivity contribution in [2.24, 2.45) is 5.73 Å². The van der Waals surface area contributed by atoms with Crippen LogP contribution >= 0.6 is 28.3 Å². The third-order valence-electron chi connectivity index (χ3n) is 3.52. The minimum atomic E-state index is -4.32. The van der Waals surface area contributed by atoms with Gasteiger partial charge < -0.3 is 5.73 Å². The van der Waals surface area contributed by atoms with Gasteiger partial charge in [0.2, 0.25) is 0 Å². The highest BCUT2D eigenvalue weighted by atomic mass is 79.9. The first-order valence-electron chi connectivity index (χ1n) is 6.21. The van der Waals surface area contributed by atoms with E-state index in [1.165, 1.54) is 0 Å². The monoisotopic (exact) mass is 372 g/mol. The molecule has 1 aliphatic heterocycles. The van der Waals surface area contributed by atoms with Gasteiger partial charge in [0.05, 0.1) is 5.56 Å². The summed E-state index contributed by atoms with van der Waals surface area (Å²) in [6.45, 7) is 1.62. The first-order valence-corrected chi connectivity index (χ1v) is 7.01. The van der Waals surface area contributed by atoms with Crippen molar-refractivity contribution in [2.45, 2.75) is 31.6 Å². The van der Waals surface area contributed by atoms with Gasteiger partial charge in [-0.25, -0.2) is 0 Å². The van der Waals surface area contributed by atoms with E-state index in [9.17, 15) is 13.2 Å². The third-order valence-corrected chi connectivity index (χ3v) is 4.02. The van der Waals surface area contributed by atoms with Crippen LogP contribution < -0.4 is 5.73 Å². The van der Waals surface area contributed by atoms with Gasteiger partial charge in [-0.1, -0.05) is 22.0 Å². The minimum absolute atomic E-state index is 0. The summed E-state index contributed by atoms with van der Waals surface area (Å²) in [5, 5.41) is 0. The zero-order valence-electron chi connectivity index (χ0n) is 10.8. The summed E-state index contributed by atoms with van der Waals surface area (Å²) in [6, 6.07) is 4.53. The fourth-order valence-electron chi connectivity index (χ4n) is 2.54. The Hall–Kier alpha value is -0.300. The van der Waals surface area contributed by atoms with Crippen LogP contribution in [0.2, 0.25) is 0 Å². The average Bonchev–Trinajstić information content (AvgIpc) is 2.77. The Morgan fingerprint density at radius 3 is 2.65 bits per heavy atom. The number of hydrogen-bond acceptors (Lipinski definition) is 2. The lowest BCUT2D eigenvalue weighted by atomic mass is 10.1. The van der Waals surface area contributed by atoms with Gasteiger partial charge in [-0.15, -0.1) is 12.4 Å². The number of likely N-dealkylation sites (tertiary alicyclic amines) is 1. The summed E-state index contributed by atoms with van der Waals surface area (Å²) < 4.78 is 39.5. The van der Waals surface area contributed by atoms with Crippen LogP contribution in [-0.2, 0) is 12.7 Å². The number of rotatable bonds is 3. The summed E-state index contributed by atoms with van der Waals surface area (Å²) in [4.78, 5) is 2.04. The van der Waals surface area contributed by atoms with Gasteiger partial charge in [-0.2, -0.15) is 13.2 Å². The predicted octanol–water partition coefficient (Wildman–Crippen LogP) is 3.81. The quantitative estimate of drug-likeness (QED) is 0.873. The van der Waals surface area contributed by atoms with Crippen molar-refractivity contribution in [1.29, 1.82) is 0 Å². The van der Waals surface area contributed by atoms with Crippen LogP contribution in [0.3, 0.4) is 0 Å². The summed E-state index contributed by atoms with van der Waals surface area (Å²) in [5.41, 5.74) is 5.40. The number of benzene rings is 1. The van der Waals surface area contributed by atoms with Gasteiger partial charge in [0.1, 0.15) is 0 Å². The maximum atomic E-state index is 13.0. The maximum Gasteiger partial charge on any atom is 0.416 e. The molecule has 2 N–H and O–H groups in total. The lowest BCUT2D eigenvalue weighted by Crippen LogP contribution is -2.35. The molecule has 1 unspecified atom stereocenters. The lowest BCUT2D eigenvalue weighted by Gasteiger charge is -2.25. The molecule has 1 fully saturated rings. The number of hydrogen-bond donors (Lipinski definition) is 1. The molecule has 1 aromatic rings. The minimum Gasteiger partial charge on any atom is -0.329 e. The Balaban J connectivity index is 0.00000200. The highest BCUT2D eigenvalue weighted by Gasteiger charge is 2.34. The Labute approximate surface area is 131 Å². The van der Waals surface area contributed by atoms with E-state index >= 15 is 0 Å². The molecule has 0 spiro atoms. The number of alkyl halides is 3. The fourth-order valence-corrected chi connectivity index (χ4v) is 2.90. The molecule has 0 aromatic heterocycles. The van der Waals surface area contributed by atoms with E-state index in [4.69, 9.17) is 5.73 Å². The smallest absolute Gasteiger partial charge is 0.329 e. The van der Waals surface area contributed by atoms with Crippen LogP contribution in [0.15, 0.2) is 22.7 Å². The molecule has 1 aromatic carbocycles. The molecule has 0 amide bonds. The Morgan fingerprint density at radius 2 is 2.05 bits per heavy atom. The zero-order valence-corrected chi connectivity index (χ0v) is 13.2. The van der Waals surface area contributed by atoms with E-state index < -0.39 is 11.7 Å². The number of nitrogens with two attached hydrogens (primary N) is 1. The Morgan fingerprint density at radius 1 is 1.35 bits per heavy atom. The van der Waals surface area contributed by atoms with E-state index in [-0.39, 0.29) is 18.4 Å². The van der Waals surface area contributed by atoms with E-state index in [0.29, 0.717) is 23.1 Å². The molecule has 20 heavy (non-hydrogen) atoms. The van der Waals surface area contributed by atoms with Crippen molar-refractivity contribution < 1.29 is 13.2 Å². The normalized spacial score (nSPS) is 19.9. The molecule has 0 radical (unpaired) electrons. The van der Waals surface area contributed by atoms with E-state index in [1.807, 2.05) is 4.90 Å². The molecular weight excluding hydrogens is 357 g/mol. The Bertz CT molecular complexity index is 454. The van der Waals surface area contributed by atoms with Crippen LogP contribution in [-0.4, -0.2) is 24.0 Å². The number of halogens is 5. The van der Waals surface area contributed by atoms with Gasteiger partial charge >= 0.3 is 6.18 Å². The number of nitrogens with zero attached hydrogens (tertiary/aromatic N) is 1. The van der Waals surface area contributed by atoms with Crippen molar-refractivity contribution in [3.8, 4) is 0 Å². The second-order valence-corrected chi connectivity index (χ2v) is 5.72. The maximum absolute atomic E-state index is 13.0. The summed E-state index contributed by atoms with van der Waals surface area (Å²) >= 11 is 3.09.